The van der Waals surface area contributed by atoms with Crippen molar-refractivity contribution in [1.82, 2.24) is 0 Å². The van der Waals surface area contributed by atoms with E-state index >= 15 is 0 Å². The predicted octanol–water partition coefficient (Wildman–Crippen LogP) is 12.4. The van der Waals surface area contributed by atoms with Crippen LogP contribution >= 0.6 is 0 Å². The molecule has 1 heteroatoms. The second-order valence-electron chi connectivity index (χ2n) is 11.6. The zero-order valence-electron chi connectivity index (χ0n) is 25.3. The first-order valence-corrected chi connectivity index (χ1v) is 15.1. The molecule has 9 rings (SSSR count). The molecule has 1 aromatic heterocycles. The van der Waals surface area contributed by atoms with Gasteiger partial charge in [0.05, 0.1) is 1.37 Å². The third-order valence-electron chi connectivity index (χ3n) is 9.09. The van der Waals surface area contributed by atoms with Gasteiger partial charge in [0.1, 0.15) is 11.2 Å². The number of fused-ring (bicyclic) bond motifs is 6. The van der Waals surface area contributed by atoms with Crippen molar-refractivity contribution in [3.8, 4) is 33.4 Å². The molecule has 1 heterocycles. The van der Waals surface area contributed by atoms with E-state index in [1.165, 1.54) is 60.3 Å². The minimum Gasteiger partial charge on any atom is -0.456 e. The van der Waals surface area contributed by atoms with E-state index in [0.717, 1.165) is 32.9 Å². The summed E-state index contributed by atoms with van der Waals surface area (Å²) in [7, 11) is 0. The van der Waals surface area contributed by atoms with Crippen LogP contribution in [0.2, 0.25) is 0 Å². The van der Waals surface area contributed by atoms with Crippen molar-refractivity contribution in [2.75, 3.05) is 0 Å². The number of hydrogen-bond donors (Lipinski definition) is 0. The standard InChI is InChI=1S/C43H28O/c1-27-21-24-38(42-37-19-8-9-20-39(37)44-43(27)42)41-35-17-6-4-15-33(35)40(34-16-5-7-18-36(34)41)32-14-10-13-30(26-32)31-23-22-28-11-2-3-12-29(28)25-31/h2-26H,1H3/i2D. The summed E-state index contributed by atoms with van der Waals surface area (Å²) in [6, 6.07) is 52.3. The molecule has 206 valence electrons. The summed E-state index contributed by atoms with van der Waals surface area (Å²) in [5.74, 6) is 0. The molecule has 0 unspecified atom stereocenters. The number of para-hydroxylation sites is 1. The van der Waals surface area contributed by atoms with Gasteiger partial charge in [-0.1, -0.05) is 133 Å². The molecular formula is C43H28O. The zero-order chi connectivity index (χ0) is 30.1. The molecule has 0 atom stereocenters. The average molecular weight is 562 g/mol. The van der Waals surface area contributed by atoms with Crippen LogP contribution in [0.3, 0.4) is 0 Å². The quantitative estimate of drug-likeness (QED) is 0.196. The lowest BCUT2D eigenvalue weighted by Gasteiger charge is -2.19. The van der Waals surface area contributed by atoms with Gasteiger partial charge in [0.15, 0.2) is 0 Å². The fourth-order valence-electron chi connectivity index (χ4n) is 7.06. The third kappa shape index (κ3) is 3.73. The zero-order valence-corrected chi connectivity index (χ0v) is 24.3. The maximum Gasteiger partial charge on any atom is 0.138 e. The Bertz CT molecular complexity index is 2570. The summed E-state index contributed by atoms with van der Waals surface area (Å²) >= 11 is 0. The van der Waals surface area contributed by atoms with Crippen LogP contribution in [-0.2, 0) is 0 Å². The molecule has 0 fully saturated rings. The van der Waals surface area contributed by atoms with Gasteiger partial charge in [-0.3, -0.25) is 0 Å². The molecule has 0 aliphatic heterocycles. The van der Waals surface area contributed by atoms with Gasteiger partial charge in [0.25, 0.3) is 0 Å². The van der Waals surface area contributed by atoms with Crippen molar-refractivity contribution in [2.45, 2.75) is 6.92 Å². The Balaban J connectivity index is 1.33. The van der Waals surface area contributed by atoms with Crippen molar-refractivity contribution in [2.24, 2.45) is 0 Å². The Kier molecular flexibility index (Phi) is 5.25. The van der Waals surface area contributed by atoms with Gasteiger partial charge >= 0.3 is 0 Å². The maximum atomic E-state index is 7.99. The summed E-state index contributed by atoms with van der Waals surface area (Å²) in [5, 5.41) is 9.46. The van der Waals surface area contributed by atoms with Gasteiger partial charge in [-0.15, -0.1) is 0 Å². The number of rotatable bonds is 3. The van der Waals surface area contributed by atoms with Gasteiger partial charge in [-0.05, 0) is 96.4 Å². The summed E-state index contributed by atoms with van der Waals surface area (Å²) in [5.41, 5.74) is 10.2. The Morgan fingerprint density at radius 2 is 1.14 bits per heavy atom. The second kappa shape index (κ2) is 9.69. The Morgan fingerprint density at radius 3 is 1.91 bits per heavy atom. The smallest absolute Gasteiger partial charge is 0.138 e. The minimum atomic E-state index is 0.534. The molecule has 8 aromatic carbocycles. The lowest BCUT2D eigenvalue weighted by Crippen LogP contribution is -1.92. The van der Waals surface area contributed by atoms with E-state index in [2.05, 4.69) is 128 Å². The van der Waals surface area contributed by atoms with Crippen molar-refractivity contribution in [3.05, 3.63) is 157 Å². The highest BCUT2D eigenvalue weighted by Gasteiger charge is 2.21. The molecule has 0 saturated carbocycles. The number of hydrogen-bond acceptors (Lipinski definition) is 1. The largest absolute Gasteiger partial charge is 0.456 e. The van der Waals surface area contributed by atoms with E-state index < -0.39 is 0 Å². The normalized spacial score (nSPS) is 12.1. The fraction of sp³-hybridized carbons (Fsp3) is 0.0233. The van der Waals surface area contributed by atoms with E-state index in [1.54, 1.807) is 0 Å². The molecule has 0 amide bonds. The van der Waals surface area contributed by atoms with Gasteiger partial charge in [0, 0.05) is 10.8 Å². The number of benzene rings is 8. The molecule has 0 radical (unpaired) electrons. The van der Waals surface area contributed by atoms with Crippen molar-refractivity contribution in [1.29, 1.82) is 0 Å². The monoisotopic (exact) mass is 561 g/mol. The van der Waals surface area contributed by atoms with Crippen LogP contribution in [0.4, 0.5) is 0 Å². The SMILES string of the molecule is [2H]c1ccc2cc(-c3cccc(-c4c5ccccc5c(-c5ccc(C)c6oc7ccccc7c56)c5ccccc45)c3)ccc2c1. The molecule has 0 aliphatic rings. The van der Waals surface area contributed by atoms with Crippen LogP contribution < -0.4 is 0 Å². The second-order valence-corrected chi connectivity index (χ2v) is 11.6. The van der Waals surface area contributed by atoms with Gasteiger partial charge in [-0.25, -0.2) is 0 Å². The van der Waals surface area contributed by atoms with Crippen molar-refractivity contribution in [3.63, 3.8) is 0 Å². The van der Waals surface area contributed by atoms with Gasteiger partial charge in [0.2, 0.25) is 0 Å². The maximum absolute atomic E-state index is 7.99. The molecule has 0 spiro atoms. The van der Waals surface area contributed by atoms with E-state index in [1.807, 2.05) is 24.3 Å². The van der Waals surface area contributed by atoms with Crippen LogP contribution in [0.15, 0.2) is 156 Å². The lowest BCUT2D eigenvalue weighted by atomic mass is 9.84. The molecule has 0 bridgehead atoms. The molecule has 44 heavy (non-hydrogen) atoms. The first-order valence-electron chi connectivity index (χ1n) is 15.6. The minimum absolute atomic E-state index is 0.534. The van der Waals surface area contributed by atoms with E-state index in [4.69, 9.17) is 5.79 Å². The molecule has 0 aliphatic carbocycles. The predicted molar refractivity (Wildman–Crippen MR) is 187 cm³/mol. The highest BCUT2D eigenvalue weighted by Crippen LogP contribution is 2.47. The van der Waals surface area contributed by atoms with Crippen LogP contribution in [0, 0.1) is 6.92 Å². The Morgan fingerprint density at radius 1 is 0.477 bits per heavy atom. The number of aryl methyl sites for hydroxylation is 1. The highest BCUT2D eigenvalue weighted by molar-refractivity contribution is 6.25. The van der Waals surface area contributed by atoms with Crippen LogP contribution in [-0.4, -0.2) is 0 Å². The number of furan rings is 1. The summed E-state index contributed by atoms with van der Waals surface area (Å²) in [4.78, 5) is 0. The van der Waals surface area contributed by atoms with Gasteiger partial charge in [-0.2, -0.15) is 0 Å². The fourth-order valence-corrected chi connectivity index (χ4v) is 7.06. The molecule has 0 saturated heterocycles. The summed E-state index contributed by atoms with van der Waals surface area (Å²) in [6.45, 7) is 2.13. The average Bonchev–Trinajstić information content (AvgIpc) is 3.48. The van der Waals surface area contributed by atoms with Crippen LogP contribution in [0.1, 0.15) is 6.93 Å². The first kappa shape index (κ1) is 23.9. The van der Waals surface area contributed by atoms with Crippen molar-refractivity contribution < 1.29 is 5.79 Å². The van der Waals surface area contributed by atoms with Crippen LogP contribution in [0.5, 0.6) is 0 Å². The van der Waals surface area contributed by atoms with Crippen molar-refractivity contribution >= 4 is 54.3 Å². The Hall–Kier alpha value is -5.66. The molecule has 0 N–H and O–H groups in total. The topological polar surface area (TPSA) is 13.1 Å². The lowest BCUT2D eigenvalue weighted by molar-refractivity contribution is 0.666. The van der Waals surface area contributed by atoms with E-state index in [0.29, 0.717) is 6.04 Å². The van der Waals surface area contributed by atoms with Crippen LogP contribution in [0.25, 0.3) is 87.6 Å². The molecule has 9 aromatic rings. The summed E-state index contributed by atoms with van der Waals surface area (Å²) < 4.78 is 14.4. The summed E-state index contributed by atoms with van der Waals surface area (Å²) in [6.07, 6.45) is 0. The van der Waals surface area contributed by atoms with Gasteiger partial charge < -0.3 is 4.42 Å². The Labute approximate surface area is 257 Å². The van der Waals surface area contributed by atoms with E-state index in [-0.39, 0.29) is 0 Å². The first-order chi connectivity index (χ1) is 22.1. The highest BCUT2D eigenvalue weighted by atomic mass is 16.3. The molecular weight excluding hydrogens is 532 g/mol. The molecule has 1 nitrogen and oxygen atoms in total. The van der Waals surface area contributed by atoms with E-state index in [9.17, 15) is 0 Å². The third-order valence-corrected chi connectivity index (χ3v) is 9.09.